The van der Waals surface area contributed by atoms with Crippen molar-refractivity contribution in [1.29, 1.82) is 0 Å². The summed E-state index contributed by atoms with van der Waals surface area (Å²) in [5, 5.41) is 8.55. The highest BCUT2D eigenvalue weighted by molar-refractivity contribution is 7.15. The van der Waals surface area contributed by atoms with Crippen molar-refractivity contribution in [2.75, 3.05) is 0 Å². The van der Waals surface area contributed by atoms with Crippen molar-refractivity contribution < 1.29 is 0 Å². The number of allylic oxidation sites excluding steroid dienone is 3. The molecule has 0 saturated heterocycles. The molecule has 0 radical (unpaired) electrons. The smallest absolute Gasteiger partial charge is 0.0683 e. The predicted octanol–water partition coefficient (Wildman–Crippen LogP) is 14.5. The number of aromatic amines is 1. The van der Waals surface area contributed by atoms with Gasteiger partial charge in [0.25, 0.3) is 0 Å². The molecule has 0 aliphatic heterocycles. The summed E-state index contributed by atoms with van der Waals surface area (Å²) in [6.45, 7) is 11.7. The Labute approximate surface area is 352 Å². The highest BCUT2D eigenvalue weighted by Crippen LogP contribution is 2.53. The van der Waals surface area contributed by atoms with Gasteiger partial charge in [0.2, 0.25) is 0 Å². The van der Waals surface area contributed by atoms with Crippen molar-refractivity contribution in [3.05, 3.63) is 229 Å². The molecule has 1 heterocycles. The Morgan fingerprint density at radius 2 is 1.27 bits per heavy atom. The maximum atomic E-state index is 5.46. The van der Waals surface area contributed by atoms with Crippen LogP contribution in [0, 0.1) is 6.92 Å². The van der Waals surface area contributed by atoms with Crippen molar-refractivity contribution in [3.8, 4) is 33.4 Å². The molecule has 0 bridgehead atoms. The second kappa shape index (κ2) is 17.3. The molecule has 4 N–H and O–H groups in total. The molecule has 10 rings (SSSR count). The van der Waals surface area contributed by atoms with Gasteiger partial charge in [0.1, 0.15) is 0 Å². The summed E-state index contributed by atoms with van der Waals surface area (Å²) in [7, 11) is 0. The molecule has 0 saturated carbocycles. The summed E-state index contributed by atoms with van der Waals surface area (Å²) in [4.78, 5) is 0. The third kappa shape index (κ3) is 8.14. The van der Waals surface area contributed by atoms with Crippen LogP contribution < -0.4 is 11.1 Å². The van der Waals surface area contributed by atoms with Crippen LogP contribution in [0.4, 0.5) is 0 Å². The van der Waals surface area contributed by atoms with Crippen molar-refractivity contribution in [2.45, 2.75) is 32.7 Å². The van der Waals surface area contributed by atoms with Gasteiger partial charge < -0.3 is 15.4 Å². The van der Waals surface area contributed by atoms with Gasteiger partial charge in [-0.1, -0.05) is 183 Å². The first-order chi connectivity index (χ1) is 28.8. The molecule has 1 aromatic heterocycles. The van der Waals surface area contributed by atoms with E-state index in [4.69, 9.17) is 5.73 Å². The second-order valence-corrected chi connectivity index (χ2v) is 16.3. The summed E-state index contributed by atoms with van der Waals surface area (Å²) in [5.41, 5.74) is 20.4. The minimum absolute atomic E-state index is 0.0915. The standard InChI is InChI=1S/C43H38N2.C6H5NS.C6H6/c1-28-19-21-31(22-20-28)41-34-16-5-6-17-35(34)42(32-14-11-13-30(24-32)27-45-29(2)12-9-10-23-44)38-26-40-36(25-37(38)41)33-15-7-8-18-39(33)43(40,3)4;1-2-4-6-5(3-1)7-8-6;1-2-4-6-5-3-1/h5-26,45H,2,27,44H2,1,3-4H3;1-4,7H;1-6H/b12-9-,23-10-;;. The first kappa shape index (κ1) is 39.0. The van der Waals surface area contributed by atoms with E-state index in [9.17, 15) is 0 Å². The largest absolute Gasteiger partial charge is 0.405 e. The average molecular weight is 784 g/mol. The van der Waals surface area contributed by atoms with E-state index in [0.29, 0.717) is 6.54 Å². The first-order valence-electron chi connectivity index (χ1n) is 20.1. The van der Waals surface area contributed by atoms with E-state index in [-0.39, 0.29) is 5.41 Å². The Morgan fingerprint density at radius 1 is 0.627 bits per heavy atom. The van der Waals surface area contributed by atoms with Crippen LogP contribution in [0.1, 0.15) is 36.1 Å². The number of para-hydroxylation sites is 1. The summed E-state index contributed by atoms with van der Waals surface area (Å²) in [6.07, 6.45) is 7.12. The lowest BCUT2D eigenvalue weighted by molar-refractivity contribution is 0.661. The zero-order valence-corrected chi connectivity index (χ0v) is 34.7. The number of aromatic nitrogens is 1. The van der Waals surface area contributed by atoms with Crippen molar-refractivity contribution in [3.63, 3.8) is 0 Å². The lowest BCUT2D eigenvalue weighted by Gasteiger charge is -2.24. The Kier molecular flexibility index (Phi) is 11.4. The number of benzene rings is 8. The topological polar surface area (TPSA) is 53.8 Å². The molecule has 3 nitrogen and oxygen atoms in total. The Bertz CT molecular complexity index is 2890. The SMILES string of the molecule is C=C(/C=C\C=C/N)NCc1cccc(-c2c3ccccc3c(-c3ccc(C)cc3)c3cc4c(cc23)C(C)(C)c2ccccc2-4)c1.c1ccc2s[nH]c2c1.c1ccccc1. The average Bonchev–Trinajstić information content (AvgIpc) is 3.48. The minimum Gasteiger partial charge on any atom is -0.405 e. The van der Waals surface area contributed by atoms with Crippen molar-refractivity contribution >= 4 is 43.3 Å². The predicted molar refractivity (Wildman–Crippen MR) is 256 cm³/mol. The first-order valence-corrected chi connectivity index (χ1v) is 20.9. The van der Waals surface area contributed by atoms with Crippen LogP contribution in [0.5, 0.6) is 0 Å². The number of H-pyrrole nitrogens is 1. The second-order valence-electron chi connectivity index (χ2n) is 15.5. The van der Waals surface area contributed by atoms with E-state index in [2.05, 4.69) is 158 Å². The third-order valence-electron chi connectivity index (χ3n) is 11.1. The zero-order chi connectivity index (χ0) is 40.8. The van der Waals surface area contributed by atoms with Crippen LogP contribution in [0.25, 0.3) is 65.1 Å². The molecule has 59 heavy (non-hydrogen) atoms. The normalized spacial score (nSPS) is 12.5. The molecule has 4 heteroatoms. The monoisotopic (exact) mass is 783 g/mol. The zero-order valence-electron chi connectivity index (χ0n) is 33.9. The van der Waals surface area contributed by atoms with Crippen LogP contribution in [0.15, 0.2) is 207 Å². The maximum absolute atomic E-state index is 5.46. The molecular weight excluding hydrogens is 735 g/mol. The van der Waals surface area contributed by atoms with Gasteiger partial charge in [-0.2, -0.15) is 0 Å². The third-order valence-corrected chi connectivity index (χ3v) is 12.0. The maximum Gasteiger partial charge on any atom is 0.0683 e. The number of rotatable bonds is 7. The summed E-state index contributed by atoms with van der Waals surface area (Å²) in [5.74, 6) is 0. The van der Waals surface area contributed by atoms with Crippen LogP contribution in [0.2, 0.25) is 0 Å². The fraction of sp³-hybridized carbons (Fsp3) is 0.0909. The van der Waals surface area contributed by atoms with Gasteiger partial charge in [-0.25, -0.2) is 0 Å². The Morgan fingerprint density at radius 3 is 1.92 bits per heavy atom. The summed E-state index contributed by atoms with van der Waals surface area (Å²) in [6, 6.07) is 61.0. The molecule has 0 amide bonds. The van der Waals surface area contributed by atoms with E-state index >= 15 is 0 Å². The highest BCUT2D eigenvalue weighted by atomic mass is 32.1. The molecule has 1 aliphatic carbocycles. The van der Waals surface area contributed by atoms with Crippen molar-refractivity contribution in [2.24, 2.45) is 5.73 Å². The summed E-state index contributed by atoms with van der Waals surface area (Å²) >= 11 is 1.68. The number of fused-ring (bicyclic) bond motifs is 6. The molecule has 0 spiro atoms. The number of aryl methyl sites for hydroxylation is 1. The van der Waals surface area contributed by atoms with Gasteiger partial charge in [0, 0.05) is 17.7 Å². The molecule has 0 atom stereocenters. The van der Waals surface area contributed by atoms with Gasteiger partial charge >= 0.3 is 0 Å². The molecule has 0 fully saturated rings. The molecule has 1 aliphatic rings. The lowest BCUT2D eigenvalue weighted by Crippen LogP contribution is -2.14. The highest BCUT2D eigenvalue weighted by Gasteiger charge is 2.36. The van der Waals surface area contributed by atoms with Crippen LogP contribution >= 0.6 is 11.5 Å². The van der Waals surface area contributed by atoms with Gasteiger partial charge in [-0.3, -0.25) is 0 Å². The number of nitrogens with two attached hydrogens (primary N) is 1. The number of nitrogens with one attached hydrogen (secondary N) is 2. The Hall–Kier alpha value is -6.88. The van der Waals surface area contributed by atoms with E-state index in [1.807, 2.05) is 60.7 Å². The minimum atomic E-state index is -0.0915. The van der Waals surface area contributed by atoms with E-state index < -0.39 is 0 Å². The van der Waals surface area contributed by atoms with E-state index in [1.54, 1.807) is 17.6 Å². The van der Waals surface area contributed by atoms with Crippen LogP contribution in [0.3, 0.4) is 0 Å². The molecule has 8 aromatic carbocycles. The Balaban J connectivity index is 0.000000288. The van der Waals surface area contributed by atoms with Gasteiger partial charge in [0.05, 0.1) is 10.2 Å². The quantitative estimate of drug-likeness (QED) is 0.111. The number of hydrogen-bond acceptors (Lipinski definition) is 3. The van der Waals surface area contributed by atoms with Crippen LogP contribution in [-0.2, 0) is 12.0 Å². The van der Waals surface area contributed by atoms with E-state index in [1.165, 1.54) is 93.6 Å². The van der Waals surface area contributed by atoms with Gasteiger partial charge in [-0.15, -0.1) is 0 Å². The fourth-order valence-corrected chi connectivity index (χ4v) is 8.77. The molecule has 9 aromatic rings. The molecular formula is C55H49N3S. The van der Waals surface area contributed by atoms with Crippen LogP contribution in [-0.4, -0.2) is 4.37 Å². The van der Waals surface area contributed by atoms with Crippen molar-refractivity contribution in [1.82, 2.24) is 9.69 Å². The molecule has 0 unspecified atom stereocenters. The van der Waals surface area contributed by atoms with E-state index in [0.717, 1.165) is 5.70 Å². The lowest BCUT2D eigenvalue weighted by atomic mass is 9.79. The number of hydrogen-bond donors (Lipinski definition) is 3. The van der Waals surface area contributed by atoms with Gasteiger partial charge in [0.15, 0.2) is 0 Å². The molecule has 290 valence electrons. The fourth-order valence-electron chi connectivity index (χ4n) is 8.15. The summed E-state index contributed by atoms with van der Waals surface area (Å²) < 4.78 is 4.46. The van der Waals surface area contributed by atoms with Gasteiger partial charge in [-0.05, 0) is 127 Å².